The summed E-state index contributed by atoms with van der Waals surface area (Å²) in [6.07, 6.45) is 5.08. The second kappa shape index (κ2) is 7.81. The second-order valence-electron chi connectivity index (χ2n) is 7.02. The van der Waals surface area contributed by atoms with Gasteiger partial charge in [-0.3, -0.25) is 19.9 Å². The van der Waals surface area contributed by atoms with E-state index in [1.54, 1.807) is 24.7 Å². The maximum absolute atomic E-state index is 13.1. The third-order valence-corrected chi connectivity index (χ3v) is 5.07. The number of H-pyrrole nitrogens is 1. The number of nitrogens with zero attached hydrogens (tertiary/aromatic N) is 4. The molecule has 0 unspecified atom stereocenters. The van der Waals surface area contributed by atoms with Gasteiger partial charge < -0.3 is 0 Å². The molecular weight excluding hydrogens is 388 g/mol. The summed E-state index contributed by atoms with van der Waals surface area (Å²) in [5.74, 6) is 5.71. The number of carbonyl (C=O) groups is 1. The van der Waals surface area contributed by atoms with Crippen LogP contribution in [0.15, 0.2) is 91.4 Å². The Hall–Kier alpha value is -4.36. The lowest BCUT2D eigenvalue weighted by Crippen LogP contribution is -2.37. The Labute approximate surface area is 178 Å². The summed E-state index contributed by atoms with van der Waals surface area (Å²) in [6, 6.07) is 23.0. The van der Waals surface area contributed by atoms with Crippen molar-refractivity contribution in [2.75, 3.05) is 5.01 Å². The SMILES string of the molecule is NN(C(=O)c1n[nH]c2ccc(-c3cccnc3)cc12)c1ccc(-c2ccccc2)nc1. The summed E-state index contributed by atoms with van der Waals surface area (Å²) < 4.78 is 0. The number of hydrazine groups is 1. The van der Waals surface area contributed by atoms with E-state index in [2.05, 4.69) is 20.2 Å². The van der Waals surface area contributed by atoms with E-state index in [-0.39, 0.29) is 5.69 Å². The normalized spacial score (nSPS) is 10.9. The van der Waals surface area contributed by atoms with Gasteiger partial charge in [0, 0.05) is 28.9 Å². The summed E-state index contributed by atoms with van der Waals surface area (Å²) in [4.78, 5) is 21.7. The molecule has 0 atom stereocenters. The monoisotopic (exact) mass is 406 g/mol. The molecule has 5 rings (SSSR count). The summed E-state index contributed by atoms with van der Waals surface area (Å²) in [6.45, 7) is 0. The van der Waals surface area contributed by atoms with Crippen LogP contribution in [-0.4, -0.2) is 26.1 Å². The van der Waals surface area contributed by atoms with Crippen molar-refractivity contribution in [1.29, 1.82) is 0 Å². The molecule has 0 saturated carbocycles. The zero-order chi connectivity index (χ0) is 21.2. The van der Waals surface area contributed by atoms with E-state index in [1.165, 1.54) is 0 Å². The van der Waals surface area contributed by atoms with Crippen LogP contribution in [0.1, 0.15) is 10.5 Å². The molecule has 2 aromatic carbocycles. The summed E-state index contributed by atoms with van der Waals surface area (Å²) >= 11 is 0. The maximum Gasteiger partial charge on any atom is 0.293 e. The molecule has 1 amide bonds. The third-order valence-electron chi connectivity index (χ3n) is 5.07. The molecule has 150 valence electrons. The molecule has 0 bridgehead atoms. The minimum absolute atomic E-state index is 0.246. The first kappa shape index (κ1) is 18.7. The van der Waals surface area contributed by atoms with E-state index >= 15 is 0 Å². The van der Waals surface area contributed by atoms with E-state index in [0.717, 1.165) is 32.9 Å². The number of aromatic nitrogens is 4. The van der Waals surface area contributed by atoms with Crippen LogP contribution in [0, 0.1) is 0 Å². The lowest BCUT2D eigenvalue weighted by atomic mass is 10.0. The number of hydrogen-bond acceptors (Lipinski definition) is 5. The van der Waals surface area contributed by atoms with Gasteiger partial charge in [-0.15, -0.1) is 0 Å². The highest BCUT2D eigenvalue weighted by molar-refractivity contribution is 6.12. The predicted molar refractivity (Wildman–Crippen MR) is 120 cm³/mol. The first-order chi connectivity index (χ1) is 15.2. The number of nitrogens with one attached hydrogen (secondary N) is 1. The van der Waals surface area contributed by atoms with Gasteiger partial charge in [0.05, 0.1) is 23.1 Å². The molecule has 31 heavy (non-hydrogen) atoms. The lowest BCUT2D eigenvalue weighted by Gasteiger charge is -2.15. The molecule has 0 aliphatic heterocycles. The minimum Gasteiger partial charge on any atom is -0.277 e. The van der Waals surface area contributed by atoms with Crippen molar-refractivity contribution in [3.05, 3.63) is 97.1 Å². The maximum atomic E-state index is 13.1. The topological polar surface area (TPSA) is 101 Å². The molecule has 0 saturated heterocycles. The standard InChI is InChI=1S/C24H18N6O/c25-30(19-9-11-21(27-15-19)16-5-2-1-3-6-16)24(31)23-20-13-17(8-10-22(20)28-29-23)18-7-4-12-26-14-18/h1-15H,25H2,(H,28,29). The number of hydrogen-bond donors (Lipinski definition) is 2. The summed E-state index contributed by atoms with van der Waals surface area (Å²) in [5, 5.41) is 8.86. The Bertz CT molecular complexity index is 1350. The molecule has 3 aromatic heterocycles. The highest BCUT2D eigenvalue weighted by atomic mass is 16.2. The Morgan fingerprint density at radius 1 is 0.871 bits per heavy atom. The van der Waals surface area contributed by atoms with Gasteiger partial charge in [0.25, 0.3) is 5.91 Å². The smallest absolute Gasteiger partial charge is 0.277 e. The Morgan fingerprint density at radius 2 is 1.71 bits per heavy atom. The van der Waals surface area contributed by atoms with Gasteiger partial charge in [-0.25, -0.2) is 10.9 Å². The van der Waals surface area contributed by atoms with E-state index in [9.17, 15) is 4.79 Å². The summed E-state index contributed by atoms with van der Waals surface area (Å²) in [7, 11) is 0. The van der Waals surface area contributed by atoms with Crippen LogP contribution in [-0.2, 0) is 0 Å². The largest absolute Gasteiger partial charge is 0.293 e. The van der Waals surface area contributed by atoms with E-state index in [0.29, 0.717) is 11.1 Å². The summed E-state index contributed by atoms with van der Waals surface area (Å²) in [5.41, 5.74) is 5.16. The van der Waals surface area contributed by atoms with Crippen molar-refractivity contribution in [1.82, 2.24) is 20.2 Å². The van der Waals surface area contributed by atoms with Gasteiger partial charge in [-0.1, -0.05) is 42.5 Å². The molecule has 0 aliphatic carbocycles. The first-order valence-electron chi connectivity index (χ1n) is 9.70. The number of benzene rings is 2. The molecule has 0 fully saturated rings. The van der Waals surface area contributed by atoms with Gasteiger partial charge in [0.2, 0.25) is 0 Å². The molecule has 7 nitrogen and oxygen atoms in total. The molecule has 0 spiro atoms. The van der Waals surface area contributed by atoms with Crippen LogP contribution in [0.2, 0.25) is 0 Å². The first-order valence-corrected chi connectivity index (χ1v) is 9.70. The second-order valence-corrected chi connectivity index (χ2v) is 7.02. The Balaban J connectivity index is 1.45. The third kappa shape index (κ3) is 3.54. The van der Waals surface area contributed by atoms with Crippen molar-refractivity contribution >= 4 is 22.5 Å². The quantitative estimate of drug-likeness (QED) is 0.265. The number of carbonyl (C=O) groups excluding carboxylic acids is 1. The average molecular weight is 406 g/mol. The molecule has 3 N–H and O–H groups in total. The van der Waals surface area contributed by atoms with Gasteiger partial charge in [-0.05, 0) is 35.9 Å². The zero-order valence-electron chi connectivity index (χ0n) is 16.4. The molecule has 0 radical (unpaired) electrons. The highest BCUT2D eigenvalue weighted by Crippen LogP contribution is 2.26. The number of aromatic amines is 1. The fourth-order valence-electron chi connectivity index (χ4n) is 3.43. The number of pyridine rings is 2. The number of anilines is 1. The molecule has 0 aliphatic rings. The average Bonchev–Trinajstić information content (AvgIpc) is 3.27. The van der Waals surface area contributed by atoms with Gasteiger partial charge in [-0.2, -0.15) is 5.10 Å². The Morgan fingerprint density at radius 3 is 2.45 bits per heavy atom. The number of amides is 1. The van der Waals surface area contributed by atoms with Gasteiger partial charge >= 0.3 is 0 Å². The van der Waals surface area contributed by atoms with Gasteiger partial charge in [0.1, 0.15) is 0 Å². The van der Waals surface area contributed by atoms with Crippen LogP contribution in [0.25, 0.3) is 33.3 Å². The van der Waals surface area contributed by atoms with Crippen LogP contribution >= 0.6 is 0 Å². The molecule has 3 heterocycles. The lowest BCUT2D eigenvalue weighted by molar-refractivity contribution is 0.0983. The fourth-order valence-corrected chi connectivity index (χ4v) is 3.43. The Kier molecular flexibility index (Phi) is 4.70. The van der Waals surface area contributed by atoms with E-state index in [1.807, 2.05) is 66.7 Å². The van der Waals surface area contributed by atoms with Crippen LogP contribution < -0.4 is 10.9 Å². The van der Waals surface area contributed by atoms with Crippen molar-refractivity contribution in [3.63, 3.8) is 0 Å². The predicted octanol–water partition coefficient (Wildman–Crippen LogP) is 4.21. The van der Waals surface area contributed by atoms with E-state index < -0.39 is 5.91 Å². The highest BCUT2D eigenvalue weighted by Gasteiger charge is 2.21. The number of nitrogens with two attached hydrogens (primary N) is 1. The molecule has 5 aromatic rings. The van der Waals surface area contributed by atoms with Crippen molar-refractivity contribution in [2.24, 2.45) is 5.84 Å². The zero-order valence-corrected chi connectivity index (χ0v) is 16.4. The number of fused-ring (bicyclic) bond motifs is 1. The fraction of sp³-hybridized carbons (Fsp3) is 0. The van der Waals surface area contributed by atoms with Crippen LogP contribution in [0.5, 0.6) is 0 Å². The van der Waals surface area contributed by atoms with Crippen molar-refractivity contribution in [3.8, 4) is 22.4 Å². The van der Waals surface area contributed by atoms with Crippen molar-refractivity contribution in [2.45, 2.75) is 0 Å². The number of rotatable bonds is 4. The molecular formula is C24H18N6O. The van der Waals surface area contributed by atoms with Crippen LogP contribution in [0.3, 0.4) is 0 Å². The van der Waals surface area contributed by atoms with Crippen LogP contribution in [0.4, 0.5) is 5.69 Å². The van der Waals surface area contributed by atoms with E-state index in [4.69, 9.17) is 5.84 Å². The molecule has 7 heteroatoms. The van der Waals surface area contributed by atoms with Crippen molar-refractivity contribution < 1.29 is 4.79 Å². The minimum atomic E-state index is -0.427. The van der Waals surface area contributed by atoms with Gasteiger partial charge in [0.15, 0.2) is 5.69 Å².